The van der Waals surface area contributed by atoms with Crippen LogP contribution in [-0.2, 0) is 11.3 Å². The lowest BCUT2D eigenvalue weighted by Crippen LogP contribution is -2.57. The number of piperidine rings is 1. The van der Waals surface area contributed by atoms with E-state index in [9.17, 15) is 4.79 Å². The third-order valence-electron chi connectivity index (χ3n) is 5.15. The molecule has 27 heavy (non-hydrogen) atoms. The SMILES string of the molecule is COc1cccc(NC2(C(=O)N(C)C)CCN(Cc3ccc(C)s3)CC2)c1. The van der Waals surface area contributed by atoms with Crippen molar-refractivity contribution < 1.29 is 9.53 Å². The van der Waals surface area contributed by atoms with E-state index in [1.54, 1.807) is 12.0 Å². The Labute approximate surface area is 165 Å². The van der Waals surface area contributed by atoms with Crippen LogP contribution in [0.3, 0.4) is 0 Å². The maximum absolute atomic E-state index is 13.1. The Hall–Kier alpha value is -2.05. The van der Waals surface area contributed by atoms with Gasteiger partial charge in [0.1, 0.15) is 11.3 Å². The average Bonchev–Trinajstić information content (AvgIpc) is 3.07. The monoisotopic (exact) mass is 387 g/mol. The molecule has 146 valence electrons. The van der Waals surface area contributed by atoms with Gasteiger partial charge in [0.05, 0.1) is 7.11 Å². The van der Waals surface area contributed by atoms with Crippen molar-refractivity contribution in [3.05, 3.63) is 46.2 Å². The number of benzene rings is 1. The lowest BCUT2D eigenvalue weighted by Gasteiger charge is -2.43. The number of carbonyl (C=O) groups excluding carboxylic acids is 1. The van der Waals surface area contributed by atoms with Crippen LogP contribution in [0.25, 0.3) is 0 Å². The number of hydrogen-bond acceptors (Lipinski definition) is 5. The van der Waals surface area contributed by atoms with Gasteiger partial charge in [-0.05, 0) is 44.0 Å². The van der Waals surface area contributed by atoms with Crippen molar-refractivity contribution in [2.45, 2.75) is 31.8 Å². The van der Waals surface area contributed by atoms with Crippen molar-refractivity contribution in [2.24, 2.45) is 0 Å². The van der Waals surface area contributed by atoms with E-state index in [-0.39, 0.29) is 5.91 Å². The van der Waals surface area contributed by atoms with E-state index in [1.807, 2.05) is 49.7 Å². The Morgan fingerprint density at radius 2 is 2.00 bits per heavy atom. The number of methoxy groups -OCH3 is 1. The van der Waals surface area contributed by atoms with Crippen LogP contribution in [0, 0.1) is 6.92 Å². The number of nitrogens with zero attached hydrogens (tertiary/aromatic N) is 2. The normalized spacial score (nSPS) is 16.7. The summed E-state index contributed by atoms with van der Waals surface area (Å²) in [6.45, 7) is 4.90. The molecule has 1 fully saturated rings. The van der Waals surface area contributed by atoms with E-state index >= 15 is 0 Å². The Morgan fingerprint density at radius 1 is 1.26 bits per heavy atom. The van der Waals surface area contributed by atoms with E-state index < -0.39 is 5.54 Å². The van der Waals surface area contributed by atoms with Gasteiger partial charge in [-0.1, -0.05) is 6.07 Å². The van der Waals surface area contributed by atoms with Gasteiger partial charge in [0.15, 0.2) is 0 Å². The number of rotatable bonds is 6. The molecule has 5 nitrogen and oxygen atoms in total. The highest BCUT2D eigenvalue weighted by atomic mass is 32.1. The van der Waals surface area contributed by atoms with Gasteiger partial charge in [-0.3, -0.25) is 9.69 Å². The molecule has 0 radical (unpaired) electrons. The van der Waals surface area contributed by atoms with Crippen LogP contribution in [0.2, 0.25) is 0 Å². The van der Waals surface area contributed by atoms with Gasteiger partial charge in [0, 0.05) is 55.2 Å². The highest BCUT2D eigenvalue weighted by molar-refractivity contribution is 7.11. The summed E-state index contributed by atoms with van der Waals surface area (Å²) >= 11 is 1.85. The maximum atomic E-state index is 13.1. The molecule has 3 rings (SSSR count). The van der Waals surface area contributed by atoms with Gasteiger partial charge in [-0.15, -0.1) is 11.3 Å². The third kappa shape index (κ3) is 4.62. The molecule has 0 aliphatic carbocycles. The Morgan fingerprint density at radius 3 is 2.59 bits per heavy atom. The fraction of sp³-hybridized carbons (Fsp3) is 0.476. The number of ether oxygens (including phenoxy) is 1. The summed E-state index contributed by atoms with van der Waals surface area (Å²) in [6, 6.07) is 12.2. The summed E-state index contributed by atoms with van der Waals surface area (Å²) < 4.78 is 5.33. The number of nitrogens with one attached hydrogen (secondary N) is 1. The summed E-state index contributed by atoms with van der Waals surface area (Å²) in [7, 11) is 5.32. The number of thiophene rings is 1. The number of anilines is 1. The molecule has 6 heteroatoms. The van der Waals surface area contributed by atoms with Crippen LogP contribution < -0.4 is 10.1 Å². The van der Waals surface area contributed by atoms with E-state index in [0.29, 0.717) is 0 Å². The van der Waals surface area contributed by atoms with Gasteiger partial charge in [-0.25, -0.2) is 0 Å². The van der Waals surface area contributed by atoms with Crippen LogP contribution >= 0.6 is 11.3 Å². The van der Waals surface area contributed by atoms with Gasteiger partial charge in [0.2, 0.25) is 5.91 Å². The molecule has 0 bridgehead atoms. The number of likely N-dealkylation sites (N-methyl/N-ethyl adjacent to an activating group) is 1. The molecule has 1 N–H and O–H groups in total. The Balaban J connectivity index is 1.73. The quantitative estimate of drug-likeness (QED) is 0.823. The predicted octanol–water partition coefficient (Wildman–Crippen LogP) is 3.60. The Kier molecular flexibility index (Phi) is 6.07. The molecular formula is C21H29N3O2S. The molecule has 2 heterocycles. The minimum Gasteiger partial charge on any atom is -0.497 e. The third-order valence-corrected chi connectivity index (χ3v) is 6.14. The van der Waals surface area contributed by atoms with E-state index in [2.05, 4.69) is 29.3 Å². The number of amides is 1. The molecule has 0 spiro atoms. The number of carbonyl (C=O) groups is 1. The number of aryl methyl sites for hydroxylation is 1. The molecule has 0 atom stereocenters. The van der Waals surface area contributed by atoms with Gasteiger partial charge in [-0.2, -0.15) is 0 Å². The second-order valence-electron chi connectivity index (χ2n) is 7.43. The standard InChI is InChI=1S/C21H29N3O2S/c1-16-8-9-19(27-16)15-24-12-10-21(11-13-24,20(25)23(2)3)22-17-6-5-7-18(14-17)26-4/h5-9,14,22H,10-13,15H2,1-4H3. The molecule has 2 aromatic rings. The smallest absolute Gasteiger partial charge is 0.247 e. The van der Waals surface area contributed by atoms with Crippen LogP contribution in [0.1, 0.15) is 22.6 Å². The highest BCUT2D eigenvalue weighted by Crippen LogP contribution is 2.31. The molecular weight excluding hydrogens is 358 g/mol. The van der Waals surface area contributed by atoms with Crippen molar-refractivity contribution in [3.8, 4) is 5.75 Å². The fourth-order valence-electron chi connectivity index (χ4n) is 3.68. The molecule has 1 aromatic heterocycles. The number of likely N-dealkylation sites (tertiary alicyclic amines) is 1. The lowest BCUT2D eigenvalue weighted by molar-refractivity contribution is -0.135. The average molecular weight is 388 g/mol. The second kappa shape index (κ2) is 8.31. The van der Waals surface area contributed by atoms with E-state index in [0.717, 1.165) is 43.9 Å². The van der Waals surface area contributed by atoms with Crippen molar-refractivity contribution in [2.75, 3.05) is 39.6 Å². The fourth-order valence-corrected chi connectivity index (χ4v) is 4.61. The first-order valence-electron chi connectivity index (χ1n) is 9.33. The predicted molar refractivity (Wildman–Crippen MR) is 112 cm³/mol. The van der Waals surface area contributed by atoms with Crippen LogP contribution in [0.4, 0.5) is 5.69 Å². The van der Waals surface area contributed by atoms with Crippen molar-refractivity contribution in [3.63, 3.8) is 0 Å². The minimum atomic E-state index is -0.572. The first-order valence-corrected chi connectivity index (χ1v) is 10.2. The van der Waals surface area contributed by atoms with E-state index in [1.165, 1.54) is 9.75 Å². The molecule has 1 aromatic carbocycles. The first kappa shape index (κ1) is 19.7. The molecule has 1 aliphatic heterocycles. The molecule has 0 unspecified atom stereocenters. The zero-order valence-corrected chi connectivity index (χ0v) is 17.4. The van der Waals surface area contributed by atoms with Crippen molar-refractivity contribution in [1.82, 2.24) is 9.80 Å². The topological polar surface area (TPSA) is 44.8 Å². The van der Waals surface area contributed by atoms with Crippen LogP contribution in [0.5, 0.6) is 5.75 Å². The first-order chi connectivity index (χ1) is 12.9. The number of hydrogen-bond donors (Lipinski definition) is 1. The summed E-state index contributed by atoms with van der Waals surface area (Å²) in [4.78, 5) is 19.9. The van der Waals surface area contributed by atoms with Crippen molar-refractivity contribution >= 4 is 22.9 Å². The lowest BCUT2D eigenvalue weighted by atomic mass is 9.85. The zero-order valence-electron chi connectivity index (χ0n) is 16.6. The second-order valence-corrected chi connectivity index (χ2v) is 8.80. The summed E-state index contributed by atoms with van der Waals surface area (Å²) in [6.07, 6.45) is 1.57. The zero-order chi connectivity index (χ0) is 19.4. The summed E-state index contributed by atoms with van der Waals surface area (Å²) in [5.74, 6) is 0.926. The van der Waals surface area contributed by atoms with Gasteiger partial charge >= 0.3 is 0 Å². The summed E-state index contributed by atoms with van der Waals surface area (Å²) in [5, 5.41) is 3.54. The molecule has 1 aliphatic rings. The summed E-state index contributed by atoms with van der Waals surface area (Å²) in [5.41, 5.74) is 0.351. The largest absolute Gasteiger partial charge is 0.497 e. The maximum Gasteiger partial charge on any atom is 0.247 e. The van der Waals surface area contributed by atoms with Gasteiger partial charge in [0.25, 0.3) is 0 Å². The van der Waals surface area contributed by atoms with Crippen molar-refractivity contribution in [1.29, 1.82) is 0 Å². The Bertz CT molecular complexity index is 779. The van der Waals surface area contributed by atoms with Gasteiger partial charge < -0.3 is 15.0 Å². The highest BCUT2D eigenvalue weighted by Gasteiger charge is 2.42. The minimum absolute atomic E-state index is 0.136. The van der Waals surface area contributed by atoms with Crippen LogP contribution in [0.15, 0.2) is 36.4 Å². The van der Waals surface area contributed by atoms with Crippen LogP contribution in [-0.4, -0.2) is 55.5 Å². The molecule has 1 saturated heterocycles. The molecule has 1 amide bonds. The molecule has 0 saturated carbocycles. The van der Waals surface area contributed by atoms with E-state index in [4.69, 9.17) is 4.74 Å².